The lowest BCUT2D eigenvalue weighted by Crippen LogP contribution is -1.95. The normalized spacial score (nSPS) is 11.1. The molecule has 100 valence electrons. The molecule has 0 spiro atoms. The number of rotatable bonds is 5. The van der Waals surface area contributed by atoms with Crippen LogP contribution in [-0.4, -0.2) is 11.1 Å². The van der Waals surface area contributed by atoms with Crippen LogP contribution >= 0.6 is 0 Å². The highest BCUT2D eigenvalue weighted by molar-refractivity contribution is 5.94. The molecule has 0 aliphatic heterocycles. The first-order valence-electron chi connectivity index (χ1n) is 6.82. The summed E-state index contributed by atoms with van der Waals surface area (Å²) in [6, 6.07) is 11.6. The maximum Gasteiger partial charge on any atom is 0.335 e. The van der Waals surface area contributed by atoms with Gasteiger partial charge in [0.1, 0.15) is 0 Å². The van der Waals surface area contributed by atoms with Crippen LogP contribution < -0.4 is 0 Å². The Morgan fingerprint density at radius 3 is 2.53 bits per heavy atom. The van der Waals surface area contributed by atoms with Gasteiger partial charge in [-0.2, -0.15) is 0 Å². The monoisotopic (exact) mass is 256 g/mol. The zero-order valence-corrected chi connectivity index (χ0v) is 11.5. The van der Waals surface area contributed by atoms with Crippen LogP contribution in [0.3, 0.4) is 0 Å². The van der Waals surface area contributed by atoms with Gasteiger partial charge in [0.2, 0.25) is 0 Å². The summed E-state index contributed by atoms with van der Waals surface area (Å²) in [5, 5.41) is 11.1. The first kappa shape index (κ1) is 13.6. The van der Waals surface area contributed by atoms with Crippen LogP contribution in [0, 0.1) is 5.92 Å². The topological polar surface area (TPSA) is 37.3 Å². The van der Waals surface area contributed by atoms with Crippen LogP contribution in [0.15, 0.2) is 36.4 Å². The Kier molecular flexibility index (Phi) is 4.20. The SMILES string of the molecule is CC(C)CCCc1ccc2ccc(C(=O)O)cc2c1. The summed E-state index contributed by atoms with van der Waals surface area (Å²) >= 11 is 0. The summed E-state index contributed by atoms with van der Waals surface area (Å²) in [4.78, 5) is 11.0. The van der Waals surface area contributed by atoms with Gasteiger partial charge in [0.25, 0.3) is 0 Å². The van der Waals surface area contributed by atoms with Crippen LogP contribution in [0.1, 0.15) is 42.6 Å². The summed E-state index contributed by atoms with van der Waals surface area (Å²) in [6.45, 7) is 4.47. The molecule has 2 nitrogen and oxygen atoms in total. The molecule has 2 aromatic rings. The van der Waals surface area contributed by atoms with E-state index in [4.69, 9.17) is 5.11 Å². The molecule has 0 fully saturated rings. The van der Waals surface area contributed by atoms with E-state index in [-0.39, 0.29) is 0 Å². The molecule has 2 rings (SSSR count). The van der Waals surface area contributed by atoms with E-state index in [2.05, 4.69) is 32.0 Å². The Morgan fingerprint density at radius 1 is 1.11 bits per heavy atom. The second-order valence-corrected chi connectivity index (χ2v) is 5.49. The zero-order chi connectivity index (χ0) is 13.8. The number of benzene rings is 2. The van der Waals surface area contributed by atoms with Crippen molar-refractivity contribution < 1.29 is 9.90 Å². The smallest absolute Gasteiger partial charge is 0.335 e. The molecular formula is C17H20O2. The molecule has 0 atom stereocenters. The summed E-state index contributed by atoms with van der Waals surface area (Å²) < 4.78 is 0. The van der Waals surface area contributed by atoms with Gasteiger partial charge in [-0.3, -0.25) is 0 Å². The van der Waals surface area contributed by atoms with E-state index in [1.807, 2.05) is 6.07 Å². The van der Waals surface area contributed by atoms with E-state index in [1.54, 1.807) is 12.1 Å². The number of aromatic carboxylic acids is 1. The van der Waals surface area contributed by atoms with Crippen LogP contribution in [0.4, 0.5) is 0 Å². The van der Waals surface area contributed by atoms with Gasteiger partial charge < -0.3 is 5.11 Å². The van der Waals surface area contributed by atoms with Crippen molar-refractivity contribution >= 4 is 16.7 Å². The minimum Gasteiger partial charge on any atom is -0.478 e. The maximum absolute atomic E-state index is 11.0. The molecule has 0 radical (unpaired) electrons. The van der Waals surface area contributed by atoms with E-state index in [0.717, 1.165) is 23.1 Å². The van der Waals surface area contributed by atoms with Gasteiger partial charge in [0.15, 0.2) is 0 Å². The molecule has 0 aliphatic carbocycles. The number of carboxylic acid groups (broad SMARTS) is 1. The summed E-state index contributed by atoms with van der Waals surface area (Å²) in [5.41, 5.74) is 1.64. The van der Waals surface area contributed by atoms with E-state index in [9.17, 15) is 4.79 Å². The van der Waals surface area contributed by atoms with Gasteiger partial charge in [0.05, 0.1) is 5.56 Å². The Bertz CT molecular complexity index is 585. The van der Waals surface area contributed by atoms with Crippen molar-refractivity contribution in [3.05, 3.63) is 47.5 Å². The zero-order valence-electron chi connectivity index (χ0n) is 11.5. The average Bonchev–Trinajstić information content (AvgIpc) is 2.37. The third kappa shape index (κ3) is 3.57. The van der Waals surface area contributed by atoms with E-state index in [1.165, 1.54) is 18.4 Å². The standard InChI is InChI=1S/C17H20O2/c1-12(2)4-3-5-13-6-7-14-8-9-15(17(18)19)11-16(14)10-13/h6-12H,3-5H2,1-2H3,(H,18,19). The second-order valence-electron chi connectivity index (χ2n) is 5.49. The van der Waals surface area contributed by atoms with Crippen molar-refractivity contribution in [3.63, 3.8) is 0 Å². The Balaban J connectivity index is 2.20. The Hall–Kier alpha value is -1.83. The second kappa shape index (κ2) is 5.87. The molecule has 2 heteroatoms. The van der Waals surface area contributed by atoms with Gasteiger partial charge in [-0.05, 0) is 47.2 Å². The number of aryl methyl sites for hydroxylation is 1. The minimum absolute atomic E-state index is 0.354. The molecule has 0 heterocycles. The number of carbonyl (C=O) groups is 1. The lowest BCUT2D eigenvalue weighted by molar-refractivity contribution is 0.0697. The van der Waals surface area contributed by atoms with Gasteiger partial charge >= 0.3 is 5.97 Å². The highest BCUT2D eigenvalue weighted by atomic mass is 16.4. The molecule has 0 aliphatic rings. The third-order valence-electron chi connectivity index (χ3n) is 3.40. The van der Waals surface area contributed by atoms with Gasteiger partial charge in [0, 0.05) is 0 Å². The number of fused-ring (bicyclic) bond motifs is 1. The first-order chi connectivity index (χ1) is 9.06. The average molecular weight is 256 g/mol. The number of hydrogen-bond donors (Lipinski definition) is 1. The number of hydrogen-bond acceptors (Lipinski definition) is 1. The molecule has 0 unspecified atom stereocenters. The van der Waals surface area contributed by atoms with Crippen molar-refractivity contribution in [2.24, 2.45) is 5.92 Å². The summed E-state index contributed by atoms with van der Waals surface area (Å²) in [6.07, 6.45) is 3.47. The predicted molar refractivity (Wildman–Crippen MR) is 78.7 cm³/mol. The molecule has 0 saturated heterocycles. The van der Waals surface area contributed by atoms with Crippen molar-refractivity contribution in [2.75, 3.05) is 0 Å². The van der Waals surface area contributed by atoms with Gasteiger partial charge in [-0.25, -0.2) is 4.79 Å². The van der Waals surface area contributed by atoms with Crippen LogP contribution in [-0.2, 0) is 6.42 Å². The van der Waals surface area contributed by atoms with Crippen molar-refractivity contribution in [1.29, 1.82) is 0 Å². The highest BCUT2D eigenvalue weighted by Gasteiger charge is 2.04. The Labute approximate surface area is 114 Å². The molecule has 0 saturated carbocycles. The molecular weight excluding hydrogens is 236 g/mol. The maximum atomic E-state index is 11.0. The summed E-state index contributed by atoms with van der Waals surface area (Å²) in [5.74, 6) is -0.133. The van der Waals surface area contributed by atoms with Crippen molar-refractivity contribution in [3.8, 4) is 0 Å². The number of carboxylic acids is 1. The highest BCUT2D eigenvalue weighted by Crippen LogP contribution is 2.20. The molecule has 0 bridgehead atoms. The predicted octanol–water partition coefficient (Wildman–Crippen LogP) is 4.52. The fourth-order valence-corrected chi connectivity index (χ4v) is 2.30. The van der Waals surface area contributed by atoms with Gasteiger partial charge in [-0.1, -0.05) is 44.5 Å². The fraction of sp³-hybridized carbons (Fsp3) is 0.353. The molecule has 0 aromatic heterocycles. The van der Waals surface area contributed by atoms with Crippen molar-refractivity contribution in [1.82, 2.24) is 0 Å². The fourth-order valence-electron chi connectivity index (χ4n) is 2.30. The molecule has 1 N–H and O–H groups in total. The van der Waals surface area contributed by atoms with Crippen LogP contribution in [0.25, 0.3) is 10.8 Å². The quantitative estimate of drug-likeness (QED) is 0.854. The third-order valence-corrected chi connectivity index (χ3v) is 3.40. The lowest BCUT2D eigenvalue weighted by Gasteiger charge is -2.06. The molecule has 19 heavy (non-hydrogen) atoms. The largest absolute Gasteiger partial charge is 0.478 e. The Morgan fingerprint density at radius 2 is 1.84 bits per heavy atom. The van der Waals surface area contributed by atoms with Crippen LogP contribution in [0.2, 0.25) is 0 Å². The van der Waals surface area contributed by atoms with E-state index >= 15 is 0 Å². The first-order valence-corrected chi connectivity index (χ1v) is 6.82. The minimum atomic E-state index is -0.868. The van der Waals surface area contributed by atoms with E-state index in [0.29, 0.717) is 5.56 Å². The van der Waals surface area contributed by atoms with E-state index < -0.39 is 5.97 Å². The summed E-state index contributed by atoms with van der Waals surface area (Å²) in [7, 11) is 0. The van der Waals surface area contributed by atoms with Crippen molar-refractivity contribution in [2.45, 2.75) is 33.1 Å². The van der Waals surface area contributed by atoms with Gasteiger partial charge in [-0.15, -0.1) is 0 Å². The molecule has 2 aromatic carbocycles. The van der Waals surface area contributed by atoms with Crippen LogP contribution in [0.5, 0.6) is 0 Å². The molecule has 0 amide bonds. The lowest BCUT2D eigenvalue weighted by atomic mass is 9.99.